The van der Waals surface area contributed by atoms with Gasteiger partial charge in [-0.2, -0.15) is 0 Å². The molecule has 0 aromatic heterocycles. The number of hydroxylamine groups is 1. The first-order valence-electron chi connectivity index (χ1n) is 10.5. The molecular weight excluding hydrogens is 372 g/mol. The number of nitrogens with one attached hydrogen (secondary N) is 2. The van der Waals surface area contributed by atoms with Crippen molar-refractivity contribution in [1.29, 1.82) is 0 Å². The average molecular weight is 402 g/mol. The van der Waals surface area contributed by atoms with Crippen molar-refractivity contribution in [2.45, 2.75) is 51.4 Å². The molecule has 2 fully saturated rings. The molecule has 3 N–H and O–H groups in total. The zero-order valence-corrected chi connectivity index (χ0v) is 16.7. The Morgan fingerprint density at radius 3 is 2.31 bits per heavy atom. The predicted octanol–water partition coefficient (Wildman–Crippen LogP) is 3.15. The monoisotopic (exact) mass is 402 g/mol. The summed E-state index contributed by atoms with van der Waals surface area (Å²) in [6, 6.07) is 8.77. The molecule has 0 spiro atoms. The maximum atomic E-state index is 13.3. The first-order valence-corrected chi connectivity index (χ1v) is 10.5. The smallest absolute Gasteiger partial charge is 0.306 e. The highest BCUT2D eigenvalue weighted by Crippen LogP contribution is 2.32. The van der Waals surface area contributed by atoms with Crippen molar-refractivity contribution in [3.8, 4) is 0 Å². The number of benzene rings is 1. The number of urea groups is 1. The molecule has 1 aromatic carbocycles. The molecule has 8 heteroatoms. The fourth-order valence-corrected chi connectivity index (χ4v) is 4.31. The molecule has 8 nitrogen and oxygen atoms in total. The van der Waals surface area contributed by atoms with Gasteiger partial charge in [-0.15, -0.1) is 0 Å². The molecule has 4 amide bonds. The zero-order chi connectivity index (χ0) is 20.6. The molecule has 1 saturated heterocycles. The number of carbonyl (C=O) groups excluding carboxylic acids is 3. The van der Waals surface area contributed by atoms with E-state index in [1.165, 1.54) is 10.0 Å². The summed E-state index contributed by atoms with van der Waals surface area (Å²) >= 11 is 0. The lowest BCUT2D eigenvalue weighted by molar-refractivity contribution is -0.154. The van der Waals surface area contributed by atoms with Crippen molar-refractivity contribution >= 4 is 23.5 Å². The van der Waals surface area contributed by atoms with Gasteiger partial charge in [0.05, 0.1) is 0 Å². The van der Waals surface area contributed by atoms with E-state index < -0.39 is 11.8 Å². The predicted molar refractivity (Wildman–Crippen MR) is 108 cm³/mol. The lowest BCUT2D eigenvalue weighted by atomic mass is 9.89. The third kappa shape index (κ3) is 5.69. The number of nitrogens with zero attached hydrogens (tertiary/aromatic N) is 2. The van der Waals surface area contributed by atoms with Crippen LogP contribution >= 0.6 is 0 Å². The third-order valence-electron chi connectivity index (χ3n) is 5.79. The zero-order valence-electron chi connectivity index (χ0n) is 16.7. The average Bonchev–Trinajstić information content (AvgIpc) is 3.26. The highest BCUT2D eigenvalue weighted by molar-refractivity contribution is 5.92. The number of hydrogen-bond donors (Lipinski definition) is 3. The summed E-state index contributed by atoms with van der Waals surface area (Å²) in [6.45, 7) is 0.899. The molecule has 158 valence electrons. The summed E-state index contributed by atoms with van der Waals surface area (Å²) in [6.07, 6.45) is 6.57. The molecule has 0 bridgehead atoms. The first-order chi connectivity index (χ1) is 14.1. The summed E-state index contributed by atoms with van der Waals surface area (Å²) in [7, 11) is 0. The summed E-state index contributed by atoms with van der Waals surface area (Å²) in [5, 5.41) is 14.7. The molecular formula is C21H30N4O4. The summed E-state index contributed by atoms with van der Waals surface area (Å²) < 4.78 is 0. The third-order valence-corrected chi connectivity index (χ3v) is 5.79. The minimum Gasteiger partial charge on any atom is -0.306 e. The molecule has 1 saturated carbocycles. The summed E-state index contributed by atoms with van der Waals surface area (Å²) in [4.78, 5) is 38.0. The summed E-state index contributed by atoms with van der Waals surface area (Å²) in [5.74, 6) is -0.927. The molecule has 1 aromatic rings. The Labute approximate surface area is 171 Å². The second-order valence-electron chi connectivity index (χ2n) is 7.91. The Balaban J connectivity index is 1.72. The van der Waals surface area contributed by atoms with Crippen LogP contribution in [0, 0.1) is 11.8 Å². The minimum absolute atomic E-state index is 0.0729. The maximum absolute atomic E-state index is 13.3. The van der Waals surface area contributed by atoms with Gasteiger partial charge in [0.1, 0.15) is 0 Å². The molecule has 1 aliphatic carbocycles. The van der Waals surface area contributed by atoms with Gasteiger partial charge in [0.25, 0.3) is 0 Å². The van der Waals surface area contributed by atoms with E-state index in [0.29, 0.717) is 31.1 Å². The van der Waals surface area contributed by atoms with Crippen molar-refractivity contribution in [3.05, 3.63) is 30.3 Å². The number of carbonyl (C=O) groups is 3. The van der Waals surface area contributed by atoms with Crippen LogP contribution in [0.4, 0.5) is 10.5 Å². The molecule has 0 radical (unpaired) electrons. The van der Waals surface area contributed by atoms with Crippen LogP contribution in [0.5, 0.6) is 0 Å². The second-order valence-corrected chi connectivity index (χ2v) is 7.91. The fourth-order valence-electron chi connectivity index (χ4n) is 4.31. The summed E-state index contributed by atoms with van der Waals surface area (Å²) in [5.41, 5.74) is 2.31. The highest BCUT2D eigenvalue weighted by atomic mass is 16.5. The van der Waals surface area contributed by atoms with Gasteiger partial charge in [-0.05, 0) is 37.3 Å². The van der Waals surface area contributed by atoms with E-state index in [4.69, 9.17) is 5.21 Å². The van der Waals surface area contributed by atoms with Crippen LogP contribution in [0.3, 0.4) is 0 Å². The Bertz CT molecular complexity index is 706. The fraction of sp³-hybridized carbons (Fsp3) is 0.571. The van der Waals surface area contributed by atoms with Gasteiger partial charge in [-0.25, -0.2) is 20.3 Å². The number of hydrazine groups is 1. The second kappa shape index (κ2) is 10.2. The van der Waals surface area contributed by atoms with Crippen molar-refractivity contribution in [2.24, 2.45) is 11.8 Å². The maximum Gasteiger partial charge on any atom is 0.340 e. The molecule has 1 atom stereocenters. The Morgan fingerprint density at radius 2 is 1.66 bits per heavy atom. The van der Waals surface area contributed by atoms with Gasteiger partial charge in [-0.1, -0.05) is 43.9 Å². The molecule has 2 aliphatic rings. The number of rotatable bonds is 6. The van der Waals surface area contributed by atoms with Crippen molar-refractivity contribution in [2.75, 3.05) is 18.4 Å². The number of amides is 4. The molecule has 0 unspecified atom stereocenters. The number of anilines is 1. The normalized spacial score (nSPS) is 18.4. The van der Waals surface area contributed by atoms with Crippen LogP contribution in [-0.4, -0.2) is 46.2 Å². The van der Waals surface area contributed by atoms with Gasteiger partial charge >= 0.3 is 6.03 Å². The van der Waals surface area contributed by atoms with Gasteiger partial charge < -0.3 is 5.32 Å². The van der Waals surface area contributed by atoms with Crippen LogP contribution in [0.2, 0.25) is 0 Å². The molecule has 1 heterocycles. The van der Waals surface area contributed by atoms with E-state index in [-0.39, 0.29) is 18.4 Å². The Morgan fingerprint density at radius 1 is 1.00 bits per heavy atom. The molecule has 1 aliphatic heterocycles. The van der Waals surface area contributed by atoms with E-state index in [9.17, 15) is 14.4 Å². The molecule has 3 rings (SSSR count). The lowest BCUT2D eigenvalue weighted by Gasteiger charge is -2.40. The largest absolute Gasteiger partial charge is 0.340 e. The van der Waals surface area contributed by atoms with Gasteiger partial charge in [0, 0.05) is 31.1 Å². The van der Waals surface area contributed by atoms with Crippen LogP contribution < -0.4 is 10.8 Å². The minimum atomic E-state index is -0.571. The SMILES string of the molecule is O=C(C[C@@H](CC1CCCC1)C(=O)N1CCCCN1C(=O)Nc1ccccc1)NO. The lowest BCUT2D eigenvalue weighted by Crippen LogP contribution is -2.56. The van der Waals surface area contributed by atoms with Crippen LogP contribution in [0.1, 0.15) is 51.4 Å². The highest BCUT2D eigenvalue weighted by Gasteiger charge is 2.35. The van der Waals surface area contributed by atoms with E-state index in [0.717, 1.165) is 38.5 Å². The Hall–Kier alpha value is -2.61. The van der Waals surface area contributed by atoms with Gasteiger partial charge in [0.2, 0.25) is 11.8 Å². The van der Waals surface area contributed by atoms with Crippen LogP contribution in [0.25, 0.3) is 0 Å². The number of hydrogen-bond acceptors (Lipinski definition) is 4. The van der Waals surface area contributed by atoms with E-state index in [2.05, 4.69) is 5.32 Å². The molecule has 29 heavy (non-hydrogen) atoms. The topological polar surface area (TPSA) is 102 Å². The van der Waals surface area contributed by atoms with Crippen LogP contribution in [-0.2, 0) is 9.59 Å². The van der Waals surface area contributed by atoms with Crippen molar-refractivity contribution in [3.63, 3.8) is 0 Å². The van der Waals surface area contributed by atoms with E-state index >= 15 is 0 Å². The Kier molecular flexibility index (Phi) is 7.46. The van der Waals surface area contributed by atoms with E-state index in [1.54, 1.807) is 17.6 Å². The number of para-hydroxylation sites is 1. The van der Waals surface area contributed by atoms with E-state index in [1.807, 2.05) is 18.2 Å². The van der Waals surface area contributed by atoms with Crippen LogP contribution in [0.15, 0.2) is 30.3 Å². The quantitative estimate of drug-likeness (QED) is 0.502. The standard InChI is InChI=1S/C21H30N4O4/c26-19(23-29)15-17(14-16-8-4-5-9-16)20(27)24-12-6-7-13-25(24)21(28)22-18-10-2-1-3-11-18/h1-3,10-11,16-17,29H,4-9,12-15H2,(H,22,28)(H,23,26)/t17-/m1/s1. The van der Waals surface area contributed by atoms with Gasteiger partial charge in [-0.3, -0.25) is 14.8 Å². The first kappa shape index (κ1) is 21.1. The van der Waals surface area contributed by atoms with Gasteiger partial charge in [0.15, 0.2) is 0 Å². The van der Waals surface area contributed by atoms with Crippen molar-refractivity contribution in [1.82, 2.24) is 15.5 Å². The van der Waals surface area contributed by atoms with Crippen molar-refractivity contribution < 1.29 is 19.6 Å².